The zero-order valence-electron chi connectivity index (χ0n) is 28.0. The largest absolute Gasteiger partial charge is 0.303 e. The Labute approximate surface area is 285 Å². The van der Waals surface area contributed by atoms with Gasteiger partial charge < -0.3 is 9.80 Å². The lowest BCUT2D eigenvalue weighted by atomic mass is 9.90. The first-order valence-electron chi connectivity index (χ1n) is 18.4. The van der Waals surface area contributed by atoms with Gasteiger partial charge in [-0.1, -0.05) is 125 Å². The molecule has 0 aliphatic carbocycles. The normalized spacial score (nSPS) is 16.8. The molecule has 4 heteroatoms. The van der Waals surface area contributed by atoms with Crippen LogP contribution in [0.15, 0.2) is 60.7 Å². The minimum absolute atomic E-state index is 0. The Morgan fingerprint density at radius 1 is 0.409 bits per heavy atom. The van der Waals surface area contributed by atoms with E-state index in [2.05, 4.69) is 70.5 Å². The molecule has 44 heavy (non-hydrogen) atoms. The highest BCUT2D eigenvalue weighted by Gasteiger charge is 2.19. The first kappa shape index (κ1) is 39.1. The molecule has 0 bridgehead atoms. The van der Waals surface area contributed by atoms with E-state index in [-0.39, 0.29) is 24.8 Å². The van der Waals surface area contributed by atoms with Crippen molar-refractivity contribution in [2.24, 2.45) is 11.8 Å². The van der Waals surface area contributed by atoms with Crippen molar-refractivity contribution in [1.29, 1.82) is 0 Å². The molecule has 0 unspecified atom stereocenters. The van der Waals surface area contributed by atoms with E-state index in [1.807, 2.05) is 0 Å². The summed E-state index contributed by atoms with van der Waals surface area (Å²) < 4.78 is 0. The number of piperidine rings is 2. The fourth-order valence-corrected chi connectivity index (χ4v) is 7.56. The molecule has 2 heterocycles. The molecule has 0 N–H and O–H groups in total. The van der Waals surface area contributed by atoms with Crippen LogP contribution in [-0.2, 0) is 12.8 Å². The molecular weight excluding hydrogens is 579 g/mol. The predicted octanol–water partition coefficient (Wildman–Crippen LogP) is 11.2. The van der Waals surface area contributed by atoms with Crippen LogP contribution in [0, 0.1) is 11.8 Å². The number of benzene rings is 2. The van der Waals surface area contributed by atoms with Crippen LogP contribution in [0.4, 0.5) is 0 Å². The molecule has 2 aromatic carbocycles. The van der Waals surface area contributed by atoms with E-state index >= 15 is 0 Å². The predicted molar refractivity (Wildman–Crippen MR) is 198 cm³/mol. The van der Waals surface area contributed by atoms with Crippen LogP contribution in [0.3, 0.4) is 0 Å². The third-order valence-corrected chi connectivity index (χ3v) is 10.5. The summed E-state index contributed by atoms with van der Waals surface area (Å²) in [5.74, 6) is 1.95. The van der Waals surface area contributed by atoms with Gasteiger partial charge in [0.25, 0.3) is 0 Å². The Morgan fingerprint density at radius 3 is 1.07 bits per heavy atom. The quantitative estimate of drug-likeness (QED) is 0.125. The van der Waals surface area contributed by atoms with Gasteiger partial charge in [-0.15, -0.1) is 24.8 Å². The summed E-state index contributed by atoms with van der Waals surface area (Å²) in [4.78, 5) is 5.51. The van der Waals surface area contributed by atoms with Crippen molar-refractivity contribution in [3.63, 3.8) is 0 Å². The summed E-state index contributed by atoms with van der Waals surface area (Å²) in [5, 5.41) is 0. The van der Waals surface area contributed by atoms with E-state index < -0.39 is 0 Å². The first-order chi connectivity index (χ1) is 20.8. The van der Waals surface area contributed by atoms with Gasteiger partial charge in [-0.05, 0) is 126 Å². The van der Waals surface area contributed by atoms with E-state index in [1.165, 1.54) is 179 Å². The number of unbranched alkanes of at least 4 members (excludes halogenated alkanes) is 9. The third kappa shape index (κ3) is 17.0. The lowest BCUT2D eigenvalue weighted by molar-refractivity contribution is 0.174. The van der Waals surface area contributed by atoms with Crippen molar-refractivity contribution in [3.8, 4) is 0 Å². The summed E-state index contributed by atoms with van der Waals surface area (Å²) in [6, 6.07) is 22.1. The zero-order chi connectivity index (χ0) is 28.9. The highest BCUT2D eigenvalue weighted by molar-refractivity contribution is 5.85. The molecular formula is C40H66Cl2N2. The fourth-order valence-electron chi connectivity index (χ4n) is 7.56. The molecule has 2 fully saturated rings. The van der Waals surface area contributed by atoms with Gasteiger partial charge in [-0.3, -0.25) is 0 Å². The Balaban J connectivity index is 0.00000337. The summed E-state index contributed by atoms with van der Waals surface area (Å²) in [6.45, 7) is 8.10. The molecule has 2 aromatic rings. The van der Waals surface area contributed by atoms with Crippen molar-refractivity contribution in [3.05, 3.63) is 71.8 Å². The molecule has 2 nitrogen and oxygen atoms in total. The molecule has 0 saturated carbocycles. The summed E-state index contributed by atoms with van der Waals surface area (Å²) >= 11 is 0. The number of hydrogen-bond acceptors (Lipinski definition) is 2. The van der Waals surface area contributed by atoms with Crippen LogP contribution in [-0.4, -0.2) is 49.1 Å². The number of rotatable bonds is 21. The second-order valence-electron chi connectivity index (χ2n) is 13.9. The second-order valence-corrected chi connectivity index (χ2v) is 13.9. The van der Waals surface area contributed by atoms with Crippen LogP contribution in [0.25, 0.3) is 0 Å². The number of hydrogen-bond donors (Lipinski definition) is 0. The topological polar surface area (TPSA) is 6.48 Å². The van der Waals surface area contributed by atoms with Gasteiger partial charge in [0.05, 0.1) is 0 Å². The third-order valence-electron chi connectivity index (χ3n) is 10.5. The summed E-state index contributed by atoms with van der Waals surface area (Å²) in [7, 11) is 0. The van der Waals surface area contributed by atoms with Crippen molar-refractivity contribution < 1.29 is 0 Å². The molecule has 2 saturated heterocycles. The zero-order valence-corrected chi connectivity index (χ0v) is 29.7. The highest BCUT2D eigenvalue weighted by Crippen LogP contribution is 2.24. The van der Waals surface area contributed by atoms with Crippen molar-refractivity contribution >= 4 is 24.8 Å². The van der Waals surface area contributed by atoms with E-state index in [9.17, 15) is 0 Å². The van der Waals surface area contributed by atoms with Gasteiger partial charge in [0.1, 0.15) is 0 Å². The molecule has 0 aromatic heterocycles. The maximum absolute atomic E-state index is 2.75. The Kier molecular flexibility index (Phi) is 22.3. The Bertz CT molecular complexity index is 817. The molecule has 0 amide bonds. The van der Waals surface area contributed by atoms with Gasteiger partial charge in [0, 0.05) is 0 Å². The maximum Gasteiger partial charge on any atom is -0.00161 e. The lowest BCUT2D eigenvalue weighted by Gasteiger charge is -2.32. The molecule has 4 rings (SSSR count). The van der Waals surface area contributed by atoms with Crippen molar-refractivity contribution in [1.82, 2.24) is 9.80 Å². The molecule has 0 radical (unpaired) electrons. The smallest absolute Gasteiger partial charge is 0.00161 e. The van der Waals surface area contributed by atoms with Crippen molar-refractivity contribution in [2.75, 3.05) is 39.3 Å². The number of halogens is 2. The van der Waals surface area contributed by atoms with Gasteiger partial charge in [0.15, 0.2) is 0 Å². The minimum Gasteiger partial charge on any atom is -0.303 e. The number of aryl methyl sites for hydroxylation is 2. The minimum atomic E-state index is 0. The van der Waals surface area contributed by atoms with Gasteiger partial charge >= 0.3 is 0 Å². The molecule has 0 spiro atoms. The summed E-state index contributed by atoms with van der Waals surface area (Å²) in [6.07, 6.45) is 28.3. The van der Waals surface area contributed by atoms with Crippen LogP contribution in [0.5, 0.6) is 0 Å². The van der Waals surface area contributed by atoms with Crippen molar-refractivity contribution in [2.45, 2.75) is 128 Å². The standard InChI is InChI=1S/C40H64N2.2ClH/c1(3-5-7-15-31-41-33-27-39(28-34-41)25-17-23-37-19-11-9-12-20-37)2-4-6-8-16-32-42-35-29-40(30-36-42)26-18-24-38-21-13-10-14-22-38;;/h9-14,19-22,39-40H,1-8,15-18,23-36H2;2*1H. The van der Waals surface area contributed by atoms with Gasteiger partial charge in [-0.2, -0.15) is 0 Å². The van der Waals surface area contributed by atoms with E-state index in [4.69, 9.17) is 0 Å². The van der Waals surface area contributed by atoms with E-state index in [0.717, 1.165) is 11.8 Å². The van der Waals surface area contributed by atoms with Gasteiger partial charge in [-0.25, -0.2) is 0 Å². The van der Waals surface area contributed by atoms with Crippen LogP contribution < -0.4 is 0 Å². The SMILES string of the molecule is Cl.Cl.c1ccc(CCCC2CCN(CCCCCCCCCCCCN3CCC(CCCc4ccccc4)CC3)CC2)cc1. The monoisotopic (exact) mass is 644 g/mol. The molecule has 0 atom stereocenters. The number of nitrogens with zero attached hydrogens (tertiary/aromatic N) is 2. The van der Waals surface area contributed by atoms with Crippen LogP contribution in [0.1, 0.15) is 127 Å². The lowest BCUT2D eigenvalue weighted by Crippen LogP contribution is -2.34. The average molecular weight is 646 g/mol. The van der Waals surface area contributed by atoms with E-state index in [0.29, 0.717) is 0 Å². The summed E-state index contributed by atoms with van der Waals surface area (Å²) in [5.41, 5.74) is 3.02. The highest BCUT2D eigenvalue weighted by atomic mass is 35.5. The van der Waals surface area contributed by atoms with E-state index in [1.54, 1.807) is 0 Å². The van der Waals surface area contributed by atoms with Crippen LogP contribution >= 0.6 is 24.8 Å². The molecule has 2 aliphatic rings. The Hall–Kier alpha value is -1.06. The van der Waals surface area contributed by atoms with Gasteiger partial charge in [0.2, 0.25) is 0 Å². The number of likely N-dealkylation sites (tertiary alicyclic amines) is 2. The average Bonchev–Trinajstić information content (AvgIpc) is 3.04. The molecule has 250 valence electrons. The Morgan fingerprint density at radius 2 is 0.727 bits per heavy atom. The van der Waals surface area contributed by atoms with Crippen LogP contribution in [0.2, 0.25) is 0 Å². The maximum atomic E-state index is 2.75. The molecule has 2 aliphatic heterocycles. The fraction of sp³-hybridized carbons (Fsp3) is 0.700. The first-order valence-corrected chi connectivity index (χ1v) is 18.4. The second kappa shape index (κ2) is 25.1.